The van der Waals surface area contributed by atoms with E-state index in [1.807, 2.05) is 86.4 Å². The van der Waals surface area contributed by atoms with Gasteiger partial charge in [-0.3, -0.25) is 4.79 Å². The van der Waals surface area contributed by atoms with Crippen LogP contribution in [0.2, 0.25) is 0 Å². The van der Waals surface area contributed by atoms with E-state index in [1.54, 1.807) is 6.07 Å². The van der Waals surface area contributed by atoms with Crippen LogP contribution in [-0.2, 0) is 0 Å². The molecule has 0 aliphatic carbocycles. The molecule has 0 aliphatic heterocycles. The minimum Gasteiger partial charge on any atom is -0.438 e. The third-order valence-electron chi connectivity index (χ3n) is 5.30. The van der Waals surface area contributed by atoms with E-state index in [0.717, 1.165) is 22.4 Å². The molecule has 0 amide bonds. The van der Waals surface area contributed by atoms with Crippen LogP contribution in [0.3, 0.4) is 0 Å². The topological polar surface area (TPSA) is 35.5 Å². The second-order valence-corrected chi connectivity index (χ2v) is 8.82. The van der Waals surface area contributed by atoms with Gasteiger partial charge in [-0.25, -0.2) is 0 Å². The molecule has 3 nitrogen and oxygen atoms in total. The summed E-state index contributed by atoms with van der Waals surface area (Å²) in [6, 6.07) is 31.1. The Kier molecular flexibility index (Phi) is 6.68. The number of para-hydroxylation sites is 2. The maximum atomic E-state index is 13.2. The Labute approximate surface area is 190 Å². The van der Waals surface area contributed by atoms with Gasteiger partial charge >= 0.3 is 0 Å². The molecule has 0 N–H and O–H groups in total. The van der Waals surface area contributed by atoms with Gasteiger partial charge in [0.15, 0.2) is 5.78 Å². The zero-order valence-corrected chi connectivity index (χ0v) is 19.3. The number of carbonyl (C=O) groups is 1. The summed E-state index contributed by atoms with van der Waals surface area (Å²) in [5.41, 5.74) is 5.48. The predicted octanol–water partition coefficient (Wildman–Crippen LogP) is 7.60. The lowest BCUT2D eigenvalue weighted by Crippen LogP contribution is -2.06. The lowest BCUT2D eigenvalue weighted by Gasteiger charge is -2.19. The van der Waals surface area contributed by atoms with Crippen molar-refractivity contribution in [3.05, 3.63) is 119 Å². The first kappa shape index (κ1) is 21.8. The van der Waals surface area contributed by atoms with Crippen molar-refractivity contribution in [3.63, 3.8) is 0 Å². The molecule has 0 fully saturated rings. The van der Waals surface area contributed by atoms with Crippen LogP contribution in [0.1, 0.15) is 27.0 Å². The maximum absolute atomic E-state index is 13.2. The maximum Gasteiger partial charge on any atom is 0.287 e. The number of rotatable bonds is 7. The van der Waals surface area contributed by atoms with Crippen molar-refractivity contribution in [3.8, 4) is 22.6 Å². The van der Waals surface area contributed by atoms with Crippen molar-refractivity contribution >= 4 is 14.2 Å². The number of carbonyl (C=O) groups excluding carboxylic acids is 1. The van der Waals surface area contributed by atoms with Gasteiger partial charge in [0.2, 0.25) is 0 Å². The lowest BCUT2D eigenvalue weighted by molar-refractivity contribution is 0.103. The predicted molar refractivity (Wildman–Crippen MR) is 132 cm³/mol. The van der Waals surface area contributed by atoms with Gasteiger partial charge < -0.3 is 9.05 Å². The van der Waals surface area contributed by atoms with E-state index < -0.39 is 8.38 Å². The molecule has 32 heavy (non-hydrogen) atoms. The Hall–Kier alpha value is -3.42. The first-order chi connectivity index (χ1) is 15.5. The van der Waals surface area contributed by atoms with Crippen molar-refractivity contribution in [1.29, 1.82) is 0 Å². The first-order valence-electron chi connectivity index (χ1n) is 10.5. The third-order valence-corrected chi connectivity index (χ3v) is 6.21. The van der Waals surface area contributed by atoms with Crippen LogP contribution in [0, 0.1) is 13.8 Å². The van der Waals surface area contributed by atoms with Gasteiger partial charge in [0.1, 0.15) is 11.5 Å². The van der Waals surface area contributed by atoms with Crippen molar-refractivity contribution in [2.45, 2.75) is 13.8 Å². The van der Waals surface area contributed by atoms with Crippen LogP contribution in [0.4, 0.5) is 0 Å². The van der Waals surface area contributed by atoms with Crippen LogP contribution in [-0.4, -0.2) is 12.4 Å². The molecule has 0 saturated heterocycles. The zero-order valence-electron chi connectivity index (χ0n) is 18.4. The molecular formula is C28H25O3P. The molecule has 4 aromatic carbocycles. The Bertz CT molecular complexity index is 1250. The highest BCUT2D eigenvalue weighted by Crippen LogP contribution is 2.42. The Balaban J connectivity index is 1.58. The molecule has 4 aromatic rings. The fraction of sp³-hybridized carbons (Fsp3) is 0.107. The Morgan fingerprint density at radius 1 is 0.594 bits per heavy atom. The summed E-state index contributed by atoms with van der Waals surface area (Å²) in [6.45, 7) is 5.93. The van der Waals surface area contributed by atoms with Crippen LogP contribution in [0.5, 0.6) is 11.5 Å². The fourth-order valence-corrected chi connectivity index (χ4v) is 4.56. The Morgan fingerprint density at radius 3 is 1.78 bits per heavy atom. The fourth-order valence-electron chi connectivity index (χ4n) is 3.65. The summed E-state index contributed by atoms with van der Waals surface area (Å²) in [5, 5.41) is 0. The van der Waals surface area contributed by atoms with E-state index in [0.29, 0.717) is 16.9 Å². The number of aryl methyl sites for hydroxylation is 2. The molecule has 0 spiro atoms. The first-order valence-corrected chi connectivity index (χ1v) is 12.1. The minimum atomic E-state index is -1.32. The Morgan fingerprint density at radius 2 is 1.09 bits per heavy atom. The smallest absolute Gasteiger partial charge is 0.287 e. The van der Waals surface area contributed by atoms with Gasteiger partial charge in [-0.05, 0) is 48.7 Å². The molecule has 0 aromatic heterocycles. The van der Waals surface area contributed by atoms with Crippen molar-refractivity contribution < 1.29 is 13.8 Å². The molecule has 4 heteroatoms. The second kappa shape index (κ2) is 9.80. The van der Waals surface area contributed by atoms with Crippen LogP contribution < -0.4 is 9.05 Å². The van der Waals surface area contributed by atoms with Gasteiger partial charge in [0, 0.05) is 17.8 Å². The SMILES string of the molecule is Cc1ccccc1C(=O)c1ccccc1OP(C)Oc1ccccc1-c1ccccc1C. The van der Waals surface area contributed by atoms with E-state index in [4.69, 9.17) is 9.05 Å². The second-order valence-electron chi connectivity index (χ2n) is 7.57. The molecule has 0 radical (unpaired) electrons. The van der Waals surface area contributed by atoms with Crippen LogP contribution in [0.15, 0.2) is 97.1 Å². The highest BCUT2D eigenvalue weighted by Gasteiger charge is 2.19. The standard InChI is InChI=1S/C28H25O3P/c1-20-12-4-6-14-22(20)24-16-8-10-18-26(24)30-32(3)31-27-19-11-9-17-25(27)28(29)23-15-7-5-13-21(23)2/h4-19H,1-3H3. The molecule has 0 saturated carbocycles. The van der Waals surface area contributed by atoms with E-state index in [9.17, 15) is 4.79 Å². The van der Waals surface area contributed by atoms with E-state index >= 15 is 0 Å². The van der Waals surface area contributed by atoms with Crippen LogP contribution in [0.25, 0.3) is 11.1 Å². The van der Waals surface area contributed by atoms with Gasteiger partial charge in [0.25, 0.3) is 8.38 Å². The van der Waals surface area contributed by atoms with Crippen molar-refractivity contribution in [2.75, 3.05) is 6.66 Å². The molecule has 1 unspecified atom stereocenters. The quantitative estimate of drug-likeness (QED) is 0.219. The average Bonchev–Trinajstić information content (AvgIpc) is 2.80. The molecule has 0 bridgehead atoms. The molecule has 160 valence electrons. The summed E-state index contributed by atoms with van der Waals surface area (Å²) in [4.78, 5) is 13.2. The summed E-state index contributed by atoms with van der Waals surface area (Å²) in [5.74, 6) is 1.24. The molecule has 4 rings (SSSR count). The highest BCUT2D eigenvalue weighted by atomic mass is 31.2. The lowest BCUT2D eigenvalue weighted by atomic mass is 9.99. The number of benzene rings is 4. The van der Waals surface area contributed by atoms with Crippen molar-refractivity contribution in [2.24, 2.45) is 0 Å². The summed E-state index contributed by atoms with van der Waals surface area (Å²) in [6.07, 6.45) is 0. The molecule has 0 aliphatic rings. The average molecular weight is 440 g/mol. The third kappa shape index (κ3) is 4.74. The zero-order chi connectivity index (χ0) is 22.5. The van der Waals surface area contributed by atoms with Gasteiger partial charge in [-0.15, -0.1) is 0 Å². The van der Waals surface area contributed by atoms with Gasteiger partial charge in [-0.1, -0.05) is 78.9 Å². The van der Waals surface area contributed by atoms with E-state index in [1.165, 1.54) is 5.56 Å². The largest absolute Gasteiger partial charge is 0.438 e. The van der Waals surface area contributed by atoms with Crippen molar-refractivity contribution in [1.82, 2.24) is 0 Å². The number of hydrogen-bond donors (Lipinski definition) is 0. The molecule has 1 atom stereocenters. The number of ketones is 1. The van der Waals surface area contributed by atoms with E-state index in [2.05, 4.69) is 25.1 Å². The summed E-state index contributed by atoms with van der Waals surface area (Å²) in [7, 11) is -1.32. The molecular weight excluding hydrogens is 415 g/mol. The monoisotopic (exact) mass is 440 g/mol. The summed E-state index contributed by atoms with van der Waals surface area (Å²) < 4.78 is 12.4. The number of hydrogen-bond acceptors (Lipinski definition) is 3. The summed E-state index contributed by atoms with van der Waals surface area (Å²) >= 11 is 0. The minimum absolute atomic E-state index is 0.0533. The van der Waals surface area contributed by atoms with Gasteiger partial charge in [0.05, 0.1) is 5.56 Å². The van der Waals surface area contributed by atoms with Crippen LogP contribution >= 0.6 is 8.38 Å². The molecule has 0 heterocycles. The highest BCUT2D eigenvalue weighted by molar-refractivity contribution is 7.47. The van der Waals surface area contributed by atoms with E-state index in [-0.39, 0.29) is 5.78 Å². The van der Waals surface area contributed by atoms with Gasteiger partial charge in [-0.2, -0.15) is 0 Å². The normalized spacial score (nSPS) is 11.6.